The van der Waals surface area contributed by atoms with Crippen LogP contribution in [0.5, 0.6) is 51.7 Å². The second-order valence-electron chi connectivity index (χ2n) is 32.5. The van der Waals surface area contributed by atoms with Crippen LogP contribution in [0.15, 0.2) is 126 Å². The van der Waals surface area contributed by atoms with Gasteiger partial charge in [0.05, 0.1) is 122 Å². The van der Waals surface area contributed by atoms with Gasteiger partial charge < -0.3 is 105 Å². The van der Waals surface area contributed by atoms with Crippen LogP contribution in [0.3, 0.4) is 0 Å². The maximum Gasteiger partial charge on any atom is 0.260 e. The Bertz CT molecular complexity index is 4620. The highest BCUT2D eigenvalue weighted by molar-refractivity contribution is 6.17. The number of nitrogens with one attached hydrogen (secondary N) is 3. The van der Waals surface area contributed by atoms with Gasteiger partial charge in [-0.3, -0.25) is 14.4 Å². The van der Waals surface area contributed by atoms with Gasteiger partial charge in [-0.2, -0.15) is 0 Å². The van der Waals surface area contributed by atoms with E-state index in [-0.39, 0.29) is 192 Å². The van der Waals surface area contributed by atoms with Crippen molar-refractivity contribution in [3.05, 3.63) is 143 Å². The zero-order valence-electron chi connectivity index (χ0n) is 63.5. The SMILES string of the molecule is C/C(=C\CCC1(C)OC1CN1C(=O)c2cccc(O)c2Nc2c(O)cc(O)cc21)CCC1OC1(C)C.C/C(=C\CN1C(=O)c2cccc(O)c2Nc2c(O)cc(O)cc21)CCC1OC1(C)CCC1OC1(C)C.CC(C)=CCCC1(C)OC1CCC1(C)OC1CN1C(=O)c2cccc(O)c2Nc2c(O)cc(O)cc21. The average Bonchev–Trinajstić information content (AvgIpc) is 1.59. The number of allylic oxidation sites excluding steroid dienone is 5. The molecule has 0 aliphatic carbocycles. The number of carbonyl (C=O) groups excluding carboxylic acids is 3. The molecule has 3 amide bonds. The van der Waals surface area contributed by atoms with Gasteiger partial charge >= 0.3 is 0 Å². The molecule has 24 nitrogen and oxygen atoms in total. The quantitative estimate of drug-likeness (QED) is 0.0116. The molecule has 9 heterocycles. The smallest absolute Gasteiger partial charge is 0.260 e. The van der Waals surface area contributed by atoms with Gasteiger partial charge in [0.15, 0.2) is 0 Å². The maximum absolute atomic E-state index is 13.6. The number of ether oxygens (including phenoxy) is 6. The van der Waals surface area contributed by atoms with Crippen LogP contribution in [0, 0.1) is 0 Å². The Hall–Kier alpha value is -9.69. The molecular formula is C84H102N6O18. The van der Waals surface area contributed by atoms with Crippen molar-refractivity contribution >= 4 is 68.9 Å². The molecule has 0 bridgehead atoms. The third-order valence-electron chi connectivity index (χ3n) is 22.9. The van der Waals surface area contributed by atoms with Crippen molar-refractivity contribution in [3.8, 4) is 51.7 Å². The van der Waals surface area contributed by atoms with Crippen LogP contribution in [0.25, 0.3) is 0 Å². The minimum atomic E-state index is -0.395. The first kappa shape index (κ1) is 76.5. The topological polar surface area (TPSA) is 354 Å². The van der Waals surface area contributed by atoms with Crippen LogP contribution in [0.2, 0.25) is 0 Å². The molecule has 15 rings (SSSR count). The number of rotatable bonds is 24. The highest BCUT2D eigenvalue weighted by atomic mass is 16.6. The van der Waals surface area contributed by atoms with Gasteiger partial charge in [0, 0.05) is 42.9 Å². The lowest BCUT2D eigenvalue weighted by molar-refractivity contribution is 0.0978. The van der Waals surface area contributed by atoms with Crippen molar-refractivity contribution in [1.29, 1.82) is 0 Å². The zero-order valence-corrected chi connectivity index (χ0v) is 63.5. The van der Waals surface area contributed by atoms with Crippen LogP contribution >= 0.6 is 0 Å². The van der Waals surface area contributed by atoms with Crippen LogP contribution < -0.4 is 30.7 Å². The van der Waals surface area contributed by atoms with Crippen LogP contribution in [0.4, 0.5) is 51.2 Å². The molecule has 6 saturated heterocycles. The number of para-hydroxylation sites is 3. The summed E-state index contributed by atoms with van der Waals surface area (Å²) in [5.74, 6) is -2.52. The first-order valence-electron chi connectivity index (χ1n) is 37.4. The van der Waals surface area contributed by atoms with E-state index in [1.54, 1.807) is 36.4 Å². The van der Waals surface area contributed by atoms with E-state index < -0.39 is 5.60 Å². The highest BCUT2D eigenvalue weighted by Crippen LogP contribution is 2.54. The lowest BCUT2D eigenvalue weighted by Crippen LogP contribution is -2.35. The van der Waals surface area contributed by atoms with Crippen molar-refractivity contribution in [2.24, 2.45) is 0 Å². The van der Waals surface area contributed by atoms with E-state index in [4.69, 9.17) is 28.4 Å². The molecule has 10 unspecified atom stereocenters. The van der Waals surface area contributed by atoms with E-state index in [0.29, 0.717) is 29.3 Å². The van der Waals surface area contributed by atoms with Gasteiger partial charge in [0.1, 0.15) is 81.0 Å². The van der Waals surface area contributed by atoms with Gasteiger partial charge in [-0.25, -0.2) is 0 Å². The van der Waals surface area contributed by atoms with E-state index in [1.807, 2.05) is 26.8 Å². The molecule has 0 aromatic heterocycles. The van der Waals surface area contributed by atoms with Gasteiger partial charge in [0.25, 0.3) is 17.7 Å². The zero-order chi connectivity index (χ0) is 77.5. The Kier molecular flexibility index (Phi) is 20.6. The summed E-state index contributed by atoms with van der Waals surface area (Å²) in [6.45, 7) is 26.0. The fraction of sp³-hybridized carbons (Fsp3) is 0.464. The minimum Gasteiger partial charge on any atom is -0.508 e. The number of aromatic hydroxyl groups is 9. The monoisotopic (exact) mass is 1480 g/mol. The van der Waals surface area contributed by atoms with E-state index >= 15 is 0 Å². The van der Waals surface area contributed by atoms with E-state index in [1.165, 1.54) is 80.4 Å². The molecule has 6 aromatic rings. The first-order chi connectivity index (χ1) is 51.0. The van der Waals surface area contributed by atoms with Crippen molar-refractivity contribution in [2.45, 2.75) is 230 Å². The number of hydrogen-bond acceptors (Lipinski definition) is 21. The molecule has 108 heavy (non-hydrogen) atoms. The Morgan fingerprint density at radius 2 is 0.704 bits per heavy atom. The average molecular weight is 1480 g/mol. The van der Waals surface area contributed by atoms with Crippen molar-refractivity contribution in [3.63, 3.8) is 0 Å². The molecule has 0 radical (unpaired) electrons. The van der Waals surface area contributed by atoms with Crippen molar-refractivity contribution in [2.75, 3.05) is 50.3 Å². The Morgan fingerprint density at radius 3 is 1.12 bits per heavy atom. The molecule has 9 aliphatic heterocycles. The fourth-order valence-corrected chi connectivity index (χ4v) is 15.3. The van der Waals surface area contributed by atoms with E-state index in [9.17, 15) is 60.3 Å². The number of benzene rings is 6. The molecule has 12 N–H and O–H groups in total. The Balaban J connectivity index is 0.000000143. The summed E-state index contributed by atoms with van der Waals surface area (Å²) in [7, 11) is 0. The minimum absolute atomic E-state index is 0.00577. The number of nitrogens with zero attached hydrogens (tertiary/aromatic N) is 3. The number of carbonyl (C=O) groups is 3. The van der Waals surface area contributed by atoms with Gasteiger partial charge in [-0.1, -0.05) is 53.1 Å². The second kappa shape index (κ2) is 29.0. The number of epoxide rings is 6. The first-order valence-corrected chi connectivity index (χ1v) is 37.4. The highest BCUT2D eigenvalue weighted by Gasteiger charge is 2.59. The van der Waals surface area contributed by atoms with Gasteiger partial charge in [0.2, 0.25) is 0 Å². The molecule has 9 aliphatic rings. The molecule has 6 fully saturated rings. The molecule has 24 heteroatoms. The number of fused-ring (bicyclic) bond motifs is 6. The number of phenolic OH excluding ortho intramolecular Hbond substituents is 9. The number of anilines is 9. The molecule has 6 aromatic carbocycles. The van der Waals surface area contributed by atoms with Crippen molar-refractivity contribution in [1.82, 2.24) is 0 Å². The summed E-state index contributed by atoms with van der Waals surface area (Å²) < 4.78 is 35.5. The summed E-state index contributed by atoms with van der Waals surface area (Å²) in [6.07, 6.45) is 18.3. The van der Waals surface area contributed by atoms with Crippen LogP contribution in [-0.4, -0.2) is 154 Å². The molecule has 10 atom stereocenters. The summed E-state index contributed by atoms with van der Waals surface area (Å²) in [5.41, 5.74) is 6.03. The molecule has 0 spiro atoms. The number of amides is 3. The lowest BCUT2D eigenvalue weighted by Gasteiger charge is -2.23. The lowest BCUT2D eigenvalue weighted by atomic mass is 9.93. The molecule has 0 saturated carbocycles. The third-order valence-corrected chi connectivity index (χ3v) is 22.9. The van der Waals surface area contributed by atoms with Crippen molar-refractivity contribution < 1.29 is 88.8 Å². The molecular weight excluding hydrogens is 1380 g/mol. The summed E-state index contributed by atoms with van der Waals surface area (Å²) in [6, 6.07) is 22.0. The maximum atomic E-state index is 13.6. The van der Waals surface area contributed by atoms with E-state index in [0.717, 1.165) is 82.6 Å². The summed E-state index contributed by atoms with van der Waals surface area (Å²) >= 11 is 0. The molecule has 576 valence electrons. The number of phenols is 9. The normalized spacial score (nSPS) is 26.7. The van der Waals surface area contributed by atoms with Gasteiger partial charge in [-0.15, -0.1) is 0 Å². The summed E-state index contributed by atoms with van der Waals surface area (Å²) in [4.78, 5) is 45.1. The largest absolute Gasteiger partial charge is 0.508 e. The fourth-order valence-electron chi connectivity index (χ4n) is 15.3. The third kappa shape index (κ3) is 16.4. The Morgan fingerprint density at radius 1 is 0.380 bits per heavy atom. The second-order valence-corrected chi connectivity index (χ2v) is 32.5. The van der Waals surface area contributed by atoms with Crippen LogP contribution in [0.1, 0.15) is 191 Å². The van der Waals surface area contributed by atoms with Gasteiger partial charge in [-0.05, 0) is 197 Å². The Labute approximate surface area is 629 Å². The standard InChI is InChI=1S/3C28H34N2O6/c1-16(10-11-22-27(2,3)35-22)7-6-12-28(4)23(36-28)15-30-19-13-17(31)14-21(33)25(19)29-24-18(26(30)34)8-5-9-20(24)32;1-16(2)7-6-11-27(3)22(35-27)10-12-28(4)23(36-28)15-30-19-13-17(31)14-21(33)25(19)29-24-18(26(30)34)8-5-9-20(24)32;1-16(8-9-23-28(4,36-23)12-10-22-27(2,3)35-22)11-13-30-19-14-17(31)15-21(33)25(19)29-24-18(26(30)34)6-5-7-20(24)32/h2*5,7-9,13-14,22-23,29,31-33H,6,10-12,15H2,1-4H3;5-7,11,14-15,22-23,29,31-33H,8-10,12-13H2,1-4H3/b16-7+;;16-11+. The predicted octanol–water partition coefficient (Wildman–Crippen LogP) is 16.0. The predicted molar refractivity (Wildman–Crippen MR) is 412 cm³/mol. The summed E-state index contributed by atoms with van der Waals surface area (Å²) in [5, 5.41) is 102. The number of hydrogen-bond donors (Lipinski definition) is 12. The van der Waals surface area contributed by atoms with E-state index in [2.05, 4.69) is 90.4 Å². The van der Waals surface area contributed by atoms with Crippen LogP contribution in [-0.2, 0) is 28.4 Å².